The van der Waals surface area contributed by atoms with Gasteiger partial charge >= 0.3 is 0 Å². The van der Waals surface area contributed by atoms with Gasteiger partial charge in [-0.05, 0) is 43.4 Å². The van der Waals surface area contributed by atoms with E-state index in [0.717, 1.165) is 29.1 Å². The third kappa shape index (κ3) is 4.05. The molecular weight excluding hydrogens is 313 g/mol. The van der Waals surface area contributed by atoms with E-state index in [2.05, 4.69) is 61.6 Å². The van der Waals surface area contributed by atoms with Crippen LogP contribution in [0.4, 0.5) is 5.69 Å². The lowest BCUT2D eigenvalue weighted by Gasteiger charge is -2.22. The van der Waals surface area contributed by atoms with E-state index < -0.39 is 7.26 Å². The number of hydrogen-bond acceptors (Lipinski definition) is 1. The summed E-state index contributed by atoms with van der Waals surface area (Å²) in [5, 5.41) is 3.20. The molecule has 1 aliphatic rings. The lowest BCUT2D eigenvalue weighted by molar-refractivity contribution is -0.113. The average Bonchev–Trinajstić information content (AvgIpc) is 3.00. The highest BCUT2D eigenvalue weighted by Crippen LogP contribution is 2.65. The topological polar surface area (TPSA) is 29.1 Å². The summed E-state index contributed by atoms with van der Waals surface area (Å²) in [4.78, 5) is 12.8. The minimum Gasteiger partial charge on any atom is -0.322 e. The standard InChI is InChI=1S/C21H26NOP/c1-17-9-8-10-18(2)21(17)22-20(23)16-24(13-6-7-14-24)15-19-11-4-3-5-12-19/h3-5,8-12H,6-7,13-16H2,1-2H3/p+1. The van der Waals surface area contributed by atoms with Gasteiger partial charge in [-0.15, -0.1) is 0 Å². The highest BCUT2D eigenvalue weighted by atomic mass is 31.2. The Morgan fingerprint density at radius 2 is 1.58 bits per heavy atom. The summed E-state index contributed by atoms with van der Waals surface area (Å²) in [6.07, 6.45) is 6.96. The van der Waals surface area contributed by atoms with Gasteiger partial charge < -0.3 is 5.32 Å². The highest BCUT2D eigenvalue weighted by molar-refractivity contribution is 7.76. The maximum absolute atomic E-state index is 12.8. The third-order valence-electron chi connectivity index (χ3n) is 5.10. The number of anilines is 1. The summed E-state index contributed by atoms with van der Waals surface area (Å²) in [5.41, 5.74) is 4.68. The highest BCUT2D eigenvalue weighted by Gasteiger charge is 2.43. The second-order valence-corrected chi connectivity index (χ2v) is 11.3. The molecule has 0 bridgehead atoms. The molecule has 24 heavy (non-hydrogen) atoms. The van der Waals surface area contributed by atoms with Gasteiger partial charge in [0.2, 0.25) is 0 Å². The lowest BCUT2D eigenvalue weighted by atomic mass is 10.1. The zero-order valence-electron chi connectivity index (χ0n) is 14.7. The fourth-order valence-electron chi connectivity index (χ4n) is 3.84. The van der Waals surface area contributed by atoms with Crippen LogP contribution in [0.25, 0.3) is 0 Å². The van der Waals surface area contributed by atoms with Crippen LogP contribution in [-0.4, -0.2) is 24.4 Å². The summed E-state index contributed by atoms with van der Waals surface area (Å²) < 4.78 is 0. The van der Waals surface area contributed by atoms with Crippen LogP contribution < -0.4 is 5.32 Å². The molecule has 0 spiro atoms. The maximum Gasteiger partial charge on any atom is 0.261 e. The van der Waals surface area contributed by atoms with E-state index in [1.165, 1.54) is 30.7 Å². The van der Waals surface area contributed by atoms with E-state index in [9.17, 15) is 4.79 Å². The number of rotatable bonds is 5. The van der Waals surface area contributed by atoms with E-state index in [1.807, 2.05) is 6.07 Å². The molecule has 0 aliphatic carbocycles. The Bertz CT molecular complexity index is 685. The quantitative estimate of drug-likeness (QED) is 0.740. The molecule has 0 aromatic heterocycles. The molecule has 1 heterocycles. The van der Waals surface area contributed by atoms with Gasteiger partial charge in [0.25, 0.3) is 5.91 Å². The molecule has 1 aliphatic heterocycles. The van der Waals surface area contributed by atoms with Gasteiger partial charge in [-0.25, -0.2) is 0 Å². The molecule has 2 nitrogen and oxygen atoms in total. The van der Waals surface area contributed by atoms with Crippen molar-refractivity contribution in [3.63, 3.8) is 0 Å². The number of hydrogen-bond donors (Lipinski definition) is 1. The number of amides is 1. The van der Waals surface area contributed by atoms with Crippen molar-refractivity contribution >= 4 is 18.9 Å². The van der Waals surface area contributed by atoms with Gasteiger partial charge in [0.05, 0.1) is 18.5 Å². The zero-order valence-corrected chi connectivity index (χ0v) is 15.6. The van der Waals surface area contributed by atoms with Crippen molar-refractivity contribution in [1.29, 1.82) is 0 Å². The van der Waals surface area contributed by atoms with Crippen molar-refractivity contribution in [1.82, 2.24) is 0 Å². The van der Waals surface area contributed by atoms with E-state index >= 15 is 0 Å². The number of benzene rings is 2. The van der Waals surface area contributed by atoms with Crippen LogP contribution >= 0.6 is 7.26 Å². The number of aryl methyl sites for hydroxylation is 2. The Balaban J connectivity index is 1.73. The van der Waals surface area contributed by atoms with Gasteiger partial charge in [0, 0.05) is 12.9 Å². The van der Waals surface area contributed by atoms with Crippen molar-refractivity contribution in [3.05, 3.63) is 65.2 Å². The summed E-state index contributed by atoms with van der Waals surface area (Å²) in [6, 6.07) is 16.9. The first-order chi connectivity index (χ1) is 11.6. The zero-order chi connectivity index (χ0) is 17.0. The molecule has 3 rings (SSSR count). The smallest absolute Gasteiger partial charge is 0.261 e. The van der Waals surface area contributed by atoms with E-state index in [-0.39, 0.29) is 5.91 Å². The minimum absolute atomic E-state index is 0.207. The van der Waals surface area contributed by atoms with E-state index in [0.29, 0.717) is 0 Å². The molecule has 1 saturated heterocycles. The molecular formula is C21H27NOP+. The lowest BCUT2D eigenvalue weighted by Crippen LogP contribution is -2.21. The molecule has 1 fully saturated rings. The molecule has 3 heteroatoms. The maximum atomic E-state index is 12.8. The molecule has 0 unspecified atom stereocenters. The van der Waals surface area contributed by atoms with Crippen molar-refractivity contribution in [2.45, 2.75) is 32.9 Å². The number of carbonyl (C=O) groups is 1. The average molecular weight is 340 g/mol. The van der Waals surface area contributed by atoms with E-state index in [4.69, 9.17) is 0 Å². The fraction of sp³-hybridized carbons (Fsp3) is 0.381. The molecule has 0 saturated carbocycles. The van der Waals surface area contributed by atoms with Crippen molar-refractivity contribution in [2.75, 3.05) is 23.8 Å². The molecule has 126 valence electrons. The summed E-state index contributed by atoms with van der Waals surface area (Å²) in [5.74, 6) is 0.207. The van der Waals surface area contributed by atoms with E-state index in [1.54, 1.807) is 0 Å². The Hall–Kier alpha value is -1.66. The third-order valence-corrected chi connectivity index (χ3v) is 9.62. The second kappa shape index (κ2) is 7.49. The van der Waals surface area contributed by atoms with Crippen molar-refractivity contribution < 1.29 is 4.79 Å². The van der Waals surface area contributed by atoms with Crippen LogP contribution in [-0.2, 0) is 11.0 Å². The predicted octanol–water partition coefficient (Wildman–Crippen LogP) is 5.25. The fourth-order valence-corrected chi connectivity index (χ4v) is 8.27. The second-order valence-electron chi connectivity index (χ2n) is 7.11. The Morgan fingerprint density at radius 1 is 0.958 bits per heavy atom. The summed E-state index contributed by atoms with van der Waals surface area (Å²) >= 11 is 0. The first kappa shape index (κ1) is 17.2. The summed E-state index contributed by atoms with van der Waals surface area (Å²) in [7, 11) is -1.20. The Morgan fingerprint density at radius 3 is 2.21 bits per heavy atom. The van der Waals surface area contributed by atoms with Gasteiger partial charge in [-0.3, -0.25) is 4.79 Å². The van der Waals surface area contributed by atoms with Gasteiger partial charge in [-0.1, -0.05) is 48.5 Å². The number of carbonyl (C=O) groups excluding carboxylic acids is 1. The number of nitrogens with one attached hydrogen (secondary N) is 1. The molecule has 0 radical (unpaired) electrons. The predicted molar refractivity (Wildman–Crippen MR) is 105 cm³/mol. The molecule has 2 aromatic rings. The Kier molecular flexibility index (Phi) is 5.36. The van der Waals surface area contributed by atoms with Crippen LogP contribution in [0.5, 0.6) is 0 Å². The molecule has 2 aromatic carbocycles. The first-order valence-corrected chi connectivity index (χ1v) is 11.4. The monoisotopic (exact) mass is 340 g/mol. The van der Waals surface area contributed by atoms with Crippen LogP contribution in [0.2, 0.25) is 0 Å². The minimum atomic E-state index is -1.20. The van der Waals surface area contributed by atoms with Crippen LogP contribution in [0, 0.1) is 13.8 Å². The summed E-state index contributed by atoms with van der Waals surface area (Å²) in [6.45, 7) is 4.13. The number of para-hydroxylation sites is 1. The van der Waals surface area contributed by atoms with Gasteiger partial charge in [-0.2, -0.15) is 0 Å². The largest absolute Gasteiger partial charge is 0.322 e. The van der Waals surface area contributed by atoms with Gasteiger partial charge in [0.1, 0.15) is 6.16 Å². The first-order valence-electron chi connectivity index (χ1n) is 8.83. The van der Waals surface area contributed by atoms with Crippen molar-refractivity contribution in [2.24, 2.45) is 0 Å². The molecule has 1 amide bonds. The SMILES string of the molecule is Cc1cccc(C)c1NC(=O)C[P+]1(Cc2ccccc2)CCCC1. The molecule has 1 N–H and O–H groups in total. The van der Waals surface area contributed by atoms with Gasteiger partial charge in [0.15, 0.2) is 0 Å². The Labute approximate surface area is 146 Å². The van der Waals surface area contributed by atoms with Crippen LogP contribution in [0.3, 0.4) is 0 Å². The van der Waals surface area contributed by atoms with Crippen LogP contribution in [0.1, 0.15) is 29.5 Å². The normalized spacial score (nSPS) is 16.1. The van der Waals surface area contributed by atoms with Crippen molar-refractivity contribution in [3.8, 4) is 0 Å². The molecule has 0 atom stereocenters. The van der Waals surface area contributed by atoms with Crippen LogP contribution in [0.15, 0.2) is 48.5 Å².